The van der Waals surface area contributed by atoms with Crippen molar-refractivity contribution in [2.45, 2.75) is 26.2 Å². The Morgan fingerprint density at radius 3 is 2.61 bits per heavy atom. The first-order valence-electron chi connectivity index (χ1n) is 8.49. The summed E-state index contributed by atoms with van der Waals surface area (Å²) < 4.78 is 35.2. The number of thiazole rings is 1. The second-order valence-electron chi connectivity index (χ2n) is 5.84. The fourth-order valence-corrected chi connectivity index (χ4v) is 3.12. The van der Waals surface area contributed by atoms with E-state index in [2.05, 4.69) is 15.0 Å². The Bertz CT molecular complexity index is 919. The number of ether oxygens (including phenoxy) is 2. The molecule has 1 unspecified atom stereocenters. The maximum Gasteiger partial charge on any atom is 0.387 e. The van der Waals surface area contributed by atoms with Crippen LogP contribution < -0.4 is 10.1 Å². The number of hydrogen-bond donors (Lipinski definition) is 1. The van der Waals surface area contributed by atoms with Crippen molar-refractivity contribution in [1.29, 1.82) is 0 Å². The molecule has 0 aliphatic heterocycles. The Kier molecular flexibility index (Phi) is 6.67. The number of anilines is 1. The number of para-hydroxylation sites is 1. The van der Waals surface area contributed by atoms with Gasteiger partial charge in [0, 0.05) is 10.9 Å². The van der Waals surface area contributed by atoms with E-state index in [0.717, 1.165) is 5.56 Å². The van der Waals surface area contributed by atoms with Gasteiger partial charge in [-0.25, -0.2) is 4.98 Å². The number of nitrogens with one attached hydrogen (secondary N) is 1. The maximum absolute atomic E-state index is 12.6. The van der Waals surface area contributed by atoms with Gasteiger partial charge in [0.15, 0.2) is 5.13 Å². The summed E-state index contributed by atoms with van der Waals surface area (Å²) >= 11 is 1.19. The molecule has 1 N–H and O–H groups in total. The highest BCUT2D eigenvalue weighted by Crippen LogP contribution is 2.33. The number of benzene rings is 2. The minimum absolute atomic E-state index is 0.0280. The molecule has 1 aromatic heterocycles. The van der Waals surface area contributed by atoms with Crippen LogP contribution in [0.4, 0.5) is 13.9 Å². The highest BCUT2D eigenvalue weighted by molar-refractivity contribution is 7.14. The van der Waals surface area contributed by atoms with Gasteiger partial charge in [-0.3, -0.25) is 10.1 Å². The number of rotatable bonds is 8. The molecule has 0 saturated heterocycles. The quantitative estimate of drug-likeness (QED) is 0.577. The minimum atomic E-state index is -2.93. The minimum Gasteiger partial charge on any atom is -0.434 e. The van der Waals surface area contributed by atoms with Gasteiger partial charge in [-0.05, 0) is 24.6 Å². The third kappa shape index (κ3) is 5.34. The van der Waals surface area contributed by atoms with E-state index in [0.29, 0.717) is 23.0 Å². The maximum atomic E-state index is 12.6. The molecule has 0 saturated carbocycles. The van der Waals surface area contributed by atoms with E-state index in [1.807, 2.05) is 30.3 Å². The third-order valence-corrected chi connectivity index (χ3v) is 4.58. The van der Waals surface area contributed by atoms with Crippen molar-refractivity contribution in [1.82, 2.24) is 4.98 Å². The predicted octanol–water partition coefficient (Wildman–Crippen LogP) is 4.96. The Morgan fingerprint density at radius 2 is 1.86 bits per heavy atom. The number of aromatic nitrogens is 1. The van der Waals surface area contributed by atoms with Crippen LogP contribution in [0.5, 0.6) is 5.75 Å². The van der Waals surface area contributed by atoms with Crippen LogP contribution in [0.15, 0.2) is 60.0 Å². The molecule has 3 aromatic rings. The van der Waals surface area contributed by atoms with Gasteiger partial charge < -0.3 is 9.47 Å². The first-order chi connectivity index (χ1) is 13.5. The summed E-state index contributed by atoms with van der Waals surface area (Å²) in [6.07, 6.45) is -0.679. The Balaban J connectivity index is 1.62. The summed E-state index contributed by atoms with van der Waals surface area (Å²) in [5, 5.41) is 4.70. The molecule has 5 nitrogen and oxygen atoms in total. The van der Waals surface area contributed by atoms with Gasteiger partial charge in [-0.1, -0.05) is 42.5 Å². The molecule has 0 aliphatic carbocycles. The number of amides is 1. The molecule has 146 valence electrons. The Morgan fingerprint density at radius 1 is 1.14 bits per heavy atom. The summed E-state index contributed by atoms with van der Waals surface area (Å²) in [5.74, 6) is -0.311. The molecule has 1 atom stereocenters. The van der Waals surface area contributed by atoms with E-state index in [1.165, 1.54) is 17.4 Å². The molecule has 2 aromatic carbocycles. The molecular weight excluding hydrogens is 386 g/mol. The van der Waals surface area contributed by atoms with E-state index < -0.39 is 12.7 Å². The summed E-state index contributed by atoms with van der Waals surface area (Å²) in [5.41, 5.74) is 1.83. The molecule has 0 bridgehead atoms. The van der Waals surface area contributed by atoms with Crippen LogP contribution in [0.2, 0.25) is 0 Å². The van der Waals surface area contributed by atoms with Gasteiger partial charge in [-0.15, -0.1) is 11.3 Å². The number of nitrogens with zero attached hydrogens (tertiary/aromatic N) is 1. The van der Waals surface area contributed by atoms with E-state index in [-0.39, 0.29) is 11.7 Å². The van der Waals surface area contributed by atoms with Crippen molar-refractivity contribution in [2.24, 2.45) is 0 Å². The van der Waals surface area contributed by atoms with Gasteiger partial charge >= 0.3 is 6.61 Å². The summed E-state index contributed by atoms with van der Waals surface area (Å²) in [4.78, 5) is 16.6. The predicted molar refractivity (Wildman–Crippen MR) is 104 cm³/mol. The fraction of sp³-hybridized carbons (Fsp3) is 0.200. The van der Waals surface area contributed by atoms with Crippen molar-refractivity contribution in [2.75, 3.05) is 5.32 Å². The molecule has 0 spiro atoms. The van der Waals surface area contributed by atoms with Gasteiger partial charge in [0.2, 0.25) is 0 Å². The second-order valence-corrected chi connectivity index (χ2v) is 6.70. The average molecular weight is 404 g/mol. The molecule has 0 radical (unpaired) electrons. The molecule has 0 fully saturated rings. The first kappa shape index (κ1) is 19.9. The largest absolute Gasteiger partial charge is 0.434 e. The Labute approximate surface area is 164 Å². The lowest BCUT2D eigenvalue weighted by molar-refractivity contribution is -0.127. The second kappa shape index (κ2) is 9.38. The summed E-state index contributed by atoms with van der Waals surface area (Å²) in [6.45, 7) is -0.961. The number of carbonyl (C=O) groups is 1. The van der Waals surface area contributed by atoms with E-state index >= 15 is 0 Å². The zero-order valence-corrected chi connectivity index (χ0v) is 15.8. The smallest absolute Gasteiger partial charge is 0.387 e. The zero-order chi connectivity index (χ0) is 19.9. The van der Waals surface area contributed by atoms with Gasteiger partial charge in [0.1, 0.15) is 11.9 Å². The van der Waals surface area contributed by atoms with Gasteiger partial charge in [-0.2, -0.15) is 8.78 Å². The van der Waals surface area contributed by atoms with Crippen LogP contribution in [0.1, 0.15) is 12.5 Å². The Hall–Kier alpha value is -2.84. The SMILES string of the molecule is CC(OCc1ccccc1)C(=O)Nc1nc(-c2ccccc2OC(F)F)cs1. The lowest BCUT2D eigenvalue weighted by Gasteiger charge is -2.12. The molecule has 3 rings (SSSR count). The lowest BCUT2D eigenvalue weighted by atomic mass is 10.1. The number of halogens is 2. The highest BCUT2D eigenvalue weighted by Gasteiger charge is 2.17. The van der Waals surface area contributed by atoms with E-state index in [1.54, 1.807) is 30.5 Å². The molecular formula is C20H18F2N2O3S. The van der Waals surface area contributed by atoms with Crippen molar-refractivity contribution in [3.63, 3.8) is 0 Å². The van der Waals surface area contributed by atoms with Crippen LogP contribution in [-0.2, 0) is 16.1 Å². The summed E-state index contributed by atoms with van der Waals surface area (Å²) in [7, 11) is 0. The van der Waals surface area contributed by atoms with Crippen LogP contribution in [0, 0.1) is 0 Å². The number of hydrogen-bond acceptors (Lipinski definition) is 5. The normalized spacial score (nSPS) is 12.0. The third-order valence-electron chi connectivity index (χ3n) is 3.83. The monoisotopic (exact) mass is 404 g/mol. The van der Waals surface area contributed by atoms with Crippen molar-refractivity contribution in [3.05, 3.63) is 65.5 Å². The van der Waals surface area contributed by atoms with Gasteiger partial charge in [0.05, 0.1) is 12.3 Å². The van der Waals surface area contributed by atoms with E-state index in [9.17, 15) is 13.6 Å². The van der Waals surface area contributed by atoms with Crippen molar-refractivity contribution in [3.8, 4) is 17.0 Å². The average Bonchev–Trinajstić information content (AvgIpc) is 3.15. The molecule has 8 heteroatoms. The van der Waals surface area contributed by atoms with Crippen molar-refractivity contribution >= 4 is 22.4 Å². The standard InChI is InChI=1S/C20H18F2N2O3S/c1-13(26-11-14-7-3-2-4-8-14)18(25)24-20-23-16(12-28-20)15-9-5-6-10-17(15)27-19(21)22/h2-10,12-13,19H,11H2,1H3,(H,23,24,25). The van der Waals surface area contributed by atoms with Crippen molar-refractivity contribution < 1.29 is 23.0 Å². The highest BCUT2D eigenvalue weighted by atomic mass is 32.1. The molecule has 1 amide bonds. The number of carbonyl (C=O) groups excluding carboxylic acids is 1. The van der Waals surface area contributed by atoms with Crippen LogP contribution >= 0.6 is 11.3 Å². The first-order valence-corrected chi connectivity index (χ1v) is 9.37. The topological polar surface area (TPSA) is 60.5 Å². The number of alkyl halides is 2. The molecule has 1 heterocycles. The summed E-state index contributed by atoms with van der Waals surface area (Å²) in [6, 6.07) is 15.9. The van der Waals surface area contributed by atoms with E-state index in [4.69, 9.17) is 4.74 Å². The van der Waals surface area contributed by atoms with Crippen LogP contribution in [-0.4, -0.2) is 23.6 Å². The lowest BCUT2D eigenvalue weighted by Crippen LogP contribution is -2.27. The van der Waals surface area contributed by atoms with Crippen LogP contribution in [0.3, 0.4) is 0 Å². The molecule has 28 heavy (non-hydrogen) atoms. The molecule has 0 aliphatic rings. The zero-order valence-electron chi connectivity index (χ0n) is 15.0. The van der Waals surface area contributed by atoms with Gasteiger partial charge in [0.25, 0.3) is 5.91 Å². The fourth-order valence-electron chi connectivity index (χ4n) is 2.41. The van der Waals surface area contributed by atoms with Crippen LogP contribution in [0.25, 0.3) is 11.3 Å².